The Bertz CT molecular complexity index is 1260. The summed E-state index contributed by atoms with van der Waals surface area (Å²) in [5, 5.41) is 10.8. The Kier molecular flexibility index (Phi) is 6.08. The molecule has 182 valence electrons. The van der Waals surface area contributed by atoms with Crippen LogP contribution in [0.15, 0.2) is 54.2 Å². The van der Waals surface area contributed by atoms with Crippen LogP contribution in [0.5, 0.6) is 0 Å². The van der Waals surface area contributed by atoms with Gasteiger partial charge >= 0.3 is 0 Å². The van der Waals surface area contributed by atoms with Crippen LogP contribution in [0.25, 0.3) is 11.1 Å². The highest BCUT2D eigenvalue weighted by atomic mass is 16.2. The van der Waals surface area contributed by atoms with Crippen LogP contribution in [0.4, 0.5) is 5.69 Å². The van der Waals surface area contributed by atoms with Crippen molar-refractivity contribution in [3.8, 4) is 11.1 Å². The summed E-state index contributed by atoms with van der Waals surface area (Å²) in [4.78, 5) is 38.3. The minimum absolute atomic E-state index is 0.178. The SMILES string of the molecule is C[C@H]1C(Nc2cnn(CC(=O)NCc3ccncc3)c(=O)c2-c2cncnc2)C[C@@H]2C[C@H]1C2(C)C. The summed E-state index contributed by atoms with van der Waals surface area (Å²) >= 11 is 0. The summed E-state index contributed by atoms with van der Waals surface area (Å²) in [5.74, 6) is 1.54. The van der Waals surface area contributed by atoms with Gasteiger partial charge in [-0.3, -0.25) is 14.6 Å². The molecule has 3 aliphatic rings. The van der Waals surface area contributed by atoms with Crippen molar-refractivity contribution in [2.24, 2.45) is 23.2 Å². The molecule has 3 heterocycles. The van der Waals surface area contributed by atoms with E-state index in [0.29, 0.717) is 46.5 Å². The molecule has 0 saturated heterocycles. The largest absolute Gasteiger partial charge is 0.380 e. The molecule has 1 amide bonds. The van der Waals surface area contributed by atoms with Gasteiger partial charge in [0.15, 0.2) is 0 Å². The van der Waals surface area contributed by atoms with Crippen LogP contribution in [-0.2, 0) is 17.9 Å². The van der Waals surface area contributed by atoms with Crippen LogP contribution in [0.1, 0.15) is 39.2 Å². The lowest BCUT2D eigenvalue weighted by atomic mass is 9.45. The normalized spacial score (nSPS) is 24.3. The Hall–Kier alpha value is -3.62. The molecule has 0 spiro atoms. The topological polar surface area (TPSA) is 115 Å². The fourth-order valence-electron chi connectivity index (χ4n) is 5.85. The van der Waals surface area contributed by atoms with Gasteiger partial charge in [-0.1, -0.05) is 20.8 Å². The lowest BCUT2D eigenvalue weighted by molar-refractivity contribution is -0.122. The monoisotopic (exact) mass is 473 g/mol. The lowest BCUT2D eigenvalue weighted by Crippen LogP contribution is -2.58. The number of carbonyl (C=O) groups is 1. The highest BCUT2D eigenvalue weighted by molar-refractivity contribution is 5.77. The number of amides is 1. The van der Waals surface area contributed by atoms with E-state index in [-0.39, 0.29) is 24.1 Å². The van der Waals surface area contributed by atoms with Crippen LogP contribution in [0, 0.1) is 23.2 Å². The molecular weight excluding hydrogens is 442 g/mol. The van der Waals surface area contributed by atoms with Crippen molar-refractivity contribution in [1.29, 1.82) is 0 Å². The summed E-state index contributed by atoms with van der Waals surface area (Å²) in [6.45, 7) is 7.21. The van der Waals surface area contributed by atoms with E-state index in [0.717, 1.165) is 12.0 Å². The summed E-state index contributed by atoms with van der Waals surface area (Å²) in [6.07, 6.45) is 12.0. The first-order valence-corrected chi connectivity index (χ1v) is 12.1. The molecule has 2 bridgehead atoms. The van der Waals surface area contributed by atoms with E-state index in [9.17, 15) is 9.59 Å². The average Bonchev–Trinajstić information content (AvgIpc) is 2.86. The third kappa shape index (κ3) is 4.42. The van der Waals surface area contributed by atoms with Gasteiger partial charge in [0.2, 0.25) is 5.91 Å². The Balaban J connectivity index is 1.38. The second-order valence-electron chi connectivity index (χ2n) is 10.4. The van der Waals surface area contributed by atoms with Crippen molar-refractivity contribution in [1.82, 2.24) is 30.0 Å². The van der Waals surface area contributed by atoms with Gasteiger partial charge in [0.05, 0.1) is 17.4 Å². The second kappa shape index (κ2) is 9.20. The molecule has 3 aromatic heterocycles. The molecule has 0 aliphatic heterocycles. The van der Waals surface area contributed by atoms with Gasteiger partial charge in [0.25, 0.3) is 5.56 Å². The molecule has 3 saturated carbocycles. The maximum absolute atomic E-state index is 13.5. The Morgan fingerprint density at radius 1 is 1.11 bits per heavy atom. The van der Waals surface area contributed by atoms with Crippen LogP contribution >= 0.6 is 0 Å². The fraction of sp³-hybridized carbons (Fsp3) is 0.462. The molecule has 1 unspecified atom stereocenters. The number of anilines is 1. The maximum atomic E-state index is 13.5. The van der Waals surface area contributed by atoms with Crippen molar-refractivity contribution in [2.75, 3.05) is 5.32 Å². The van der Waals surface area contributed by atoms with Gasteiger partial charge in [-0.05, 0) is 53.7 Å². The van der Waals surface area contributed by atoms with Crippen LogP contribution < -0.4 is 16.2 Å². The molecule has 4 atom stereocenters. The molecule has 3 aromatic rings. The van der Waals surface area contributed by atoms with Gasteiger partial charge in [0, 0.05) is 42.9 Å². The van der Waals surface area contributed by atoms with E-state index in [1.165, 1.54) is 17.4 Å². The predicted molar refractivity (Wildman–Crippen MR) is 132 cm³/mol. The van der Waals surface area contributed by atoms with E-state index >= 15 is 0 Å². The van der Waals surface area contributed by atoms with Gasteiger partial charge < -0.3 is 10.6 Å². The zero-order valence-electron chi connectivity index (χ0n) is 20.3. The molecular formula is C26H31N7O2. The van der Waals surface area contributed by atoms with Gasteiger partial charge in [-0.15, -0.1) is 0 Å². The number of aromatic nitrogens is 5. The number of nitrogens with one attached hydrogen (secondary N) is 2. The summed E-state index contributed by atoms with van der Waals surface area (Å²) in [7, 11) is 0. The Morgan fingerprint density at radius 3 is 2.54 bits per heavy atom. The molecule has 3 aliphatic carbocycles. The molecule has 2 N–H and O–H groups in total. The molecule has 35 heavy (non-hydrogen) atoms. The number of hydrogen-bond donors (Lipinski definition) is 2. The average molecular weight is 474 g/mol. The van der Waals surface area contributed by atoms with E-state index in [2.05, 4.69) is 51.5 Å². The molecule has 9 nitrogen and oxygen atoms in total. The van der Waals surface area contributed by atoms with Crippen molar-refractivity contribution in [3.63, 3.8) is 0 Å². The molecule has 3 fully saturated rings. The first-order chi connectivity index (χ1) is 16.8. The van der Waals surface area contributed by atoms with E-state index in [1.807, 2.05) is 12.1 Å². The fourth-order valence-corrected chi connectivity index (χ4v) is 5.85. The van der Waals surface area contributed by atoms with E-state index in [1.54, 1.807) is 31.0 Å². The summed E-state index contributed by atoms with van der Waals surface area (Å²) in [6, 6.07) is 3.92. The maximum Gasteiger partial charge on any atom is 0.277 e. The van der Waals surface area contributed by atoms with Gasteiger partial charge in [-0.2, -0.15) is 5.10 Å². The number of carbonyl (C=O) groups excluding carboxylic acids is 1. The van der Waals surface area contributed by atoms with Crippen molar-refractivity contribution >= 4 is 11.6 Å². The quantitative estimate of drug-likeness (QED) is 0.542. The minimum Gasteiger partial charge on any atom is -0.380 e. The van der Waals surface area contributed by atoms with Crippen molar-refractivity contribution in [3.05, 3.63) is 65.4 Å². The van der Waals surface area contributed by atoms with Crippen LogP contribution in [0.3, 0.4) is 0 Å². The number of rotatable bonds is 7. The Labute approximate surface area is 204 Å². The van der Waals surface area contributed by atoms with E-state index < -0.39 is 0 Å². The first kappa shape index (κ1) is 23.1. The zero-order chi connectivity index (χ0) is 24.6. The molecule has 0 aromatic carbocycles. The molecule has 9 heteroatoms. The van der Waals surface area contributed by atoms with Crippen LogP contribution in [-0.4, -0.2) is 36.7 Å². The third-order valence-corrected chi connectivity index (χ3v) is 8.12. The third-order valence-electron chi connectivity index (χ3n) is 8.12. The van der Waals surface area contributed by atoms with Gasteiger partial charge in [-0.25, -0.2) is 14.6 Å². The van der Waals surface area contributed by atoms with E-state index in [4.69, 9.17) is 0 Å². The first-order valence-electron chi connectivity index (χ1n) is 12.1. The predicted octanol–water partition coefficient (Wildman–Crippen LogP) is 2.89. The molecule has 6 rings (SSSR count). The second-order valence-corrected chi connectivity index (χ2v) is 10.4. The van der Waals surface area contributed by atoms with Crippen LogP contribution in [0.2, 0.25) is 0 Å². The standard InChI is InChI=1S/C26H31N7O2/c1-16-20-8-19(26(20,2)3)9-21(16)32-22-13-31-33(25(35)24(22)18-11-28-15-29-12-18)14-23(34)30-10-17-4-6-27-7-5-17/h4-7,11-13,15-16,19-21,32H,8-10,14H2,1-3H3,(H,30,34)/t16-,19+,20-,21?/m1/s1. The number of nitrogens with zero attached hydrogens (tertiary/aromatic N) is 5. The van der Waals surface area contributed by atoms with Crippen molar-refractivity contribution in [2.45, 2.75) is 52.7 Å². The molecule has 0 radical (unpaired) electrons. The highest BCUT2D eigenvalue weighted by Gasteiger charge is 2.56. The smallest absolute Gasteiger partial charge is 0.277 e. The summed E-state index contributed by atoms with van der Waals surface area (Å²) < 4.78 is 1.19. The van der Waals surface area contributed by atoms with Gasteiger partial charge in [0.1, 0.15) is 12.9 Å². The highest BCUT2D eigenvalue weighted by Crippen LogP contribution is 2.61. The zero-order valence-corrected chi connectivity index (χ0v) is 20.3. The minimum atomic E-state index is -0.349. The number of pyridine rings is 1. The number of hydrogen-bond acceptors (Lipinski definition) is 7. The van der Waals surface area contributed by atoms with Crippen molar-refractivity contribution < 1.29 is 4.79 Å². The lowest BCUT2D eigenvalue weighted by Gasteiger charge is -2.62. The Morgan fingerprint density at radius 2 is 1.86 bits per heavy atom. The number of fused-ring (bicyclic) bond motifs is 2. The summed E-state index contributed by atoms with van der Waals surface area (Å²) in [5.41, 5.74) is 2.65.